The SMILES string of the molecule is c1ccc2c(-c3ccc(-c4ccc5sc6c(-c7ccc(-c8nc9ccccc9o8)cc7)cc(-c7ccc(-c8cccc9ccccc89)cc7)cc6c5c4)cc3)cccc2c1. The van der Waals surface area contributed by atoms with Crippen LogP contribution < -0.4 is 0 Å². The summed E-state index contributed by atoms with van der Waals surface area (Å²) < 4.78 is 8.69. The van der Waals surface area contributed by atoms with E-state index >= 15 is 0 Å². The molecular formula is C57H35NOS. The Labute approximate surface area is 351 Å². The Hall–Kier alpha value is -7.59. The van der Waals surface area contributed by atoms with Crippen molar-refractivity contribution in [2.45, 2.75) is 0 Å². The number of hydrogen-bond acceptors (Lipinski definition) is 3. The lowest BCUT2D eigenvalue weighted by Gasteiger charge is -2.11. The molecule has 60 heavy (non-hydrogen) atoms. The summed E-state index contributed by atoms with van der Waals surface area (Å²) in [5.74, 6) is 0.632. The lowest BCUT2D eigenvalue weighted by atomic mass is 9.93. The summed E-state index contributed by atoms with van der Waals surface area (Å²) in [4.78, 5) is 4.76. The topological polar surface area (TPSA) is 26.0 Å². The quantitative estimate of drug-likeness (QED) is 0.168. The van der Waals surface area contributed by atoms with E-state index in [1.165, 1.54) is 91.8 Å². The molecule has 2 heterocycles. The van der Waals surface area contributed by atoms with Crippen molar-refractivity contribution in [1.29, 1.82) is 0 Å². The molecule has 0 atom stereocenters. The van der Waals surface area contributed by atoms with Crippen LogP contribution in [-0.2, 0) is 0 Å². The molecule has 2 nitrogen and oxygen atoms in total. The molecule has 0 saturated heterocycles. The smallest absolute Gasteiger partial charge is 0.227 e. The van der Waals surface area contributed by atoms with E-state index in [1.807, 2.05) is 35.6 Å². The maximum absolute atomic E-state index is 6.14. The first-order chi connectivity index (χ1) is 29.7. The van der Waals surface area contributed by atoms with E-state index in [1.54, 1.807) is 0 Å². The fraction of sp³-hybridized carbons (Fsp3) is 0. The van der Waals surface area contributed by atoms with E-state index in [4.69, 9.17) is 9.40 Å². The van der Waals surface area contributed by atoms with Gasteiger partial charge in [0.1, 0.15) is 5.52 Å². The van der Waals surface area contributed by atoms with E-state index in [0.717, 1.165) is 22.2 Å². The van der Waals surface area contributed by atoms with Crippen LogP contribution in [0.2, 0.25) is 0 Å². The summed E-state index contributed by atoms with van der Waals surface area (Å²) in [6.07, 6.45) is 0. The molecule has 0 spiro atoms. The van der Waals surface area contributed by atoms with Gasteiger partial charge in [0.25, 0.3) is 0 Å². The van der Waals surface area contributed by atoms with Gasteiger partial charge in [0, 0.05) is 31.3 Å². The number of benzene rings is 10. The Kier molecular flexibility index (Phi) is 8.07. The van der Waals surface area contributed by atoms with Gasteiger partial charge in [-0.1, -0.05) is 164 Å². The highest BCUT2D eigenvalue weighted by molar-refractivity contribution is 7.26. The number of para-hydroxylation sites is 2. The molecule has 0 bridgehead atoms. The summed E-state index contributed by atoms with van der Waals surface area (Å²) in [7, 11) is 0. The van der Waals surface area contributed by atoms with Crippen molar-refractivity contribution >= 4 is 64.2 Å². The predicted molar refractivity (Wildman–Crippen MR) is 255 cm³/mol. The molecule has 12 aromatic rings. The lowest BCUT2D eigenvalue weighted by Crippen LogP contribution is -1.86. The zero-order valence-corrected chi connectivity index (χ0v) is 33.3. The van der Waals surface area contributed by atoms with Crippen LogP contribution >= 0.6 is 11.3 Å². The van der Waals surface area contributed by atoms with E-state index in [-0.39, 0.29) is 0 Å². The third-order valence-electron chi connectivity index (χ3n) is 11.9. The highest BCUT2D eigenvalue weighted by atomic mass is 32.1. The third kappa shape index (κ3) is 5.90. The van der Waals surface area contributed by atoms with Gasteiger partial charge < -0.3 is 4.42 Å². The minimum Gasteiger partial charge on any atom is -0.436 e. The van der Waals surface area contributed by atoms with E-state index in [2.05, 4.69) is 188 Å². The zero-order valence-electron chi connectivity index (χ0n) is 32.5. The molecule has 0 radical (unpaired) electrons. The van der Waals surface area contributed by atoms with Gasteiger partial charge >= 0.3 is 0 Å². The fourth-order valence-corrected chi connectivity index (χ4v) is 10.1. The third-order valence-corrected chi connectivity index (χ3v) is 13.2. The molecule has 0 aliphatic rings. The monoisotopic (exact) mass is 781 g/mol. The Morgan fingerprint density at radius 1 is 0.333 bits per heavy atom. The molecule has 280 valence electrons. The van der Waals surface area contributed by atoms with Crippen LogP contribution in [0.15, 0.2) is 217 Å². The number of oxazole rings is 1. The second-order valence-corrected chi connectivity index (χ2v) is 16.5. The number of rotatable bonds is 6. The van der Waals surface area contributed by atoms with Gasteiger partial charge in [-0.25, -0.2) is 4.98 Å². The van der Waals surface area contributed by atoms with Gasteiger partial charge in [0.2, 0.25) is 5.89 Å². The second-order valence-electron chi connectivity index (χ2n) is 15.5. The molecule has 2 aromatic heterocycles. The van der Waals surface area contributed by atoms with Crippen molar-refractivity contribution in [3.05, 3.63) is 212 Å². The second kappa shape index (κ2) is 14.1. The normalized spacial score (nSPS) is 11.7. The molecule has 3 heteroatoms. The first-order valence-corrected chi connectivity index (χ1v) is 21.2. The average Bonchev–Trinajstić information content (AvgIpc) is 3.93. The maximum atomic E-state index is 6.14. The maximum Gasteiger partial charge on any atom is 0.227 e. The summed E-state index contributed by atoms with van der Waals surface area (Å²) in [6, 6.07) is 76.8. The van der Waals surface area contributed by atoms with Crippen LogP contribution in [-0.4, -0.2) is 4.98 Å². The average molecular weight is 782 g/mol. The van der Waals surface area contributed by atoms with Crippen LogP contribution in [0.4, 0.5) is 0 Å². The van der Waals surface area contributed by atoms with Crippen LogP contribution in [0, 0.1) is 0 Å². The van der Waals surface area contributed by atoms with Crippen molar-refractivity contribution < 1.29 is 4.42 Å². The number of nitrogens with zero attached hydrogens (tertiary/aromatic N) is 1. The van der Waals surface area contributed by atoms with Gasteiger partial charge in [0.15, 0.2) is 5.58 Å². The van der Waals surface area contributed by atoms with Crippen LogP contribution in [0.25, 0.3) is 120 Å². The molecule has 0 amide bonds. The summed E-state index contributed by atoms with van der Waals surface area (Å²) >= 11 is 1.87. The first-order valence-electron chi connectivity index (χ1n) is 20.3. The molecule has 0 aliphatic heterocycles. The minimum atomic E-state index is 0.632. The van der Waals surface area contributed by atoms with Gasteiger partial charge in [-0.3, -0.25) is 0 Å². The van der Waals surface area contributed by atoms with E-state index < -0.39 is 0 Å². The molecule has 0 N–H and O–H groups in total. The number of aromatic nitrogens is 1. The van der Waals surface area contributed by atoms with Crippen LogP contribution in [0.1, 0.15) is 0 Å². The molecule has 0 unspecified atom stereocenters. The van der Waals surface area contributed by atoms with Gasteiger partial charge in [-0.05, 0) is 120 Å². The number of thiophene rings is 1. The predicted octanol–water partition coefficient (Wildman–Crippen LogP) is 16.5. The number of fused-ring (bicyclic) bond motifs is 6. The largest absolute Gasteiger partial charge is 0.436 e. The number of hydrogen-bond donors (Lipinski definition) is 0. The Morgan fingerprint density at radius 3 is 1.48 bits per heavy atom. The lowest BCUT2D eigenvalue weighted by molar-refractivity contribution is 0.620. The molecule has 0 saturated carbocycles. The van der Waals surface area contributed by atoms with Gasteiger partial charge in [-0.2, -0.15) is 0 Å². The van der Waals surface area contributed by atoms with Gasteiger partial charge in [-0.15, -0.1) is 11.3 Å². The fourth-order valence-electron chi connectivity index (χ4n) is 8.87. The van der Waals surface area contributed by atoms with Crippen LogP contribution in [0.5, 0.6) is 0 Å². The summed E-state index contributed by atoms with van der Waals surface area (Å²) in [5.41, 5.74) is 14.7. The Balaban J connectivity index is 0.972. The van der Waals surface area contributed by atoms with Crippen molar-refractivity contribution in [2.75, 3.05) is 0 Å². The molecule has 0 aliphatic carbocycles. The van der Waals surface area contributed by atoms with Gasteiger partial charge in [0.05, 0.1) is 0 Å². The molecule has 12 rings (SSSR count). The standard InChI is InChI=1S/C57H35NOS/c1-3-13-46-38(9-1)11-7-15-48(46)40-23-19-36(20-24-40)44-31-32-55-51(33-44)52-35-45(37-21-25-41(26-22-37)49-16-8-12-39-10-2-4-14-47(39)49)34-50(56(52)60-55)42-27-29-43(30-28-42)57-58-53-17-5-6-18-54(53)59-57/h1-35H. The highest BCUT2D eigenvalue weighted by Crippen LogP contribution is 2.45. The highest BCUT2D eigenvalue weighted by Gasteiger charge is 2.17. The Morgan fingerprint density at radius 2 is 0.833 bits per heavy atom. The summed E-state index contributed by atoms with van der Waals surface area (Å²) in [5, 5.41) is 7.58. The van der Waals surface area contributed by atoms with E-state index in [9.17, 15) is 0 Å². The van der Waals surface area contributed by atoms with Crippen molar-refractivity contribution in [3.63, 3.8) is 0 Å². The van der Waals surface area contributed by atoms with Crippen molar-refractivity contribution in [1.82, 2.24) is 4.98 Å². The van der Waals surface area contributed by atoms with Crippen molar-refractivity contribution in [3.8, 4) is 67.1 Å². The van der Waals surface area contributed by atoms with E-state index in [0.29, 0.717) is 5.89 Å². The first kappa shape index (κ1) is 34.5. The Bertz CT molecular complexity index is 3530. The zero-order chi connectivity index (χ0) is 39.6. The molecular weight excluding hydrogens is 747 g/mol. The molecule has 10 aromatic carbocycles. The van der Waals surface area contributed by atoms with Crippen molar-refractivity contribution in [2.24, 2.45) is 0 Å². The molecule has 0 fully saturated rings. The minimum absolute atomic E-state index is 0.632. The van der Waals surface area contributed by atoms with Crippen LogP contribution in [0.3, 0.4) is 0 Å². The summed E-state index contributed by atoms with van der Waals surface area (Å²) in [6.45, 7) is 0.